The molecule has 1 aliphatic carbocycles. The summed E-state index contributed by atoms with van der Waals surface area (Å²) in [5, 5.41) is 7.50. The highest BCUT2D eigenvalue weighted by Gasteiger charge is 2.24. The van der Waals surface area contributed by atoms with Crippen LogP contribution in [0.25, 0.3) is 0 Å². The second-order valence-electron chi connectivity index (χ2n) is 5.37. The molecule has 0 amide bonds. The second kappa shape index (κ2) is 11.3. The molecule has 3 unspecified atom stereocenters. The van der Waals surface area contributed by atoms with Crippen LogP contribution in [0.5, 0.6) is 0 Å². The van der Waals surface area contributed by atoms with Crippen LogP contribution in [0.1, 0.15) is 19.3 Å². The lowest BCUT2D eigenvalue weighted by atomic mass is 10.2. The van der Waals surface area contributed by atoms with Crippen molar-refractivity contribution >= 4 is 52.5 Å². The quantitative estimate of drug-likeness (QED) is 0.384. The van der Waals surface area contributed by atoms with Crippen LogP contribution < -0.4 is 10.6 Å². The van der Waals surface area contributed by atoms with E-state index in [9.17, 15) is 4.21 Å². The number of nitrogens with one attached hydrogen (secondary N) is 2. The summed E-state index contributed by atoms with van der Waals surface area (Å²) in [7, 11) is 0.821. The highest BCUT2D eigenvalue weighted by atomic mass is 127. The molecule has 0 aromatic heterocycles. The van der Waals surface area contributed by atoms with Crippen molar-refractivity contribution in [1.29, 1.82) is 0 Å². The molecule has 1 aromatic rings. The van der Waals surface area contributed by atoms with Gasteiger partial charge < -0.3 is 10.6 Å². The van der Waals surface area contributed by atoms with Crippen LogP contribution in [0.15, 0.2) is 40.2 Å². The van der Waals surface area contributed by atoms with Crippen LogP contribution in [0.3, 0.4) is 0 Å². The molecule has 0 aliphatic heterocycles. The lowest BCUT2D eigenvalue weighted by molar-refractivity contribution is 0.617. The van der Waals surface area contributed by atoms with E-state index in [4.69, 9.17) is 0 Å². The third kappa shape index (κ3) is 7.01. The molecule has 0 saturated heterocycles. The van der Waals surface area contributed by atoms with Crippen molar-refractivity contribution in [2.45, 2.75) is 35.4 Å². The van der Waals surface area contributed by atoms with E-state index in [0.717, 1.165) is 16.1 Å². The highest BCUT2D eigenvalue weighted by Crippen LogP contribution is 2.27. The molecule has 0 heterocycles. The van der Waals surface area contributed by atoms with Crippen LogP contribution in [-0.2, 0) is 10.8 Å². The van der Waals surface area contributed by atoms with Crippen molar-refractivity contribution in [2.75, 3.05) is 25.6 Å². The maximum Gasteiger partial charge on any atom is 0.191 e. The Hall–Kier alpha value is -0.280. The number of hydrogen-bond donors (Lipinski definition) is 2. The summed E-state index contributed by atoms with van der Waals surface area (Å²) in [6, 6.07) is 10.1. The number of benzene rings is 1. The molecule has 0 bridgehead atoms. The van der Waals surface area contributed by atoms with Crippen LogP contribution in [0.2, 0.25) is 0 Å². The molecule has 4 nitrogen and oxygen atoms in total. The molecule has 0 spiro atoms. The van der Waals surface area contributed by atoms with Gasteiger partial charge in [-0.2, -0.15) is 11.8 Å². The van der Waals surface area contributed by atoms with Crippen LogP contribution in [0, 0.1) is 0 Å². The maximum atomic E-state index is 12.1. The van der Waals surface area contributed by atoms with Crippen molar-refractivity contribution < 1.29 is 4.21 Å². The van der Waals surface area contributed by atoms with Gasteiger partial charge in [0.05, 0.1) is 10.8 Å². The summed E-state index contributed by atoms with van der Waals surface area (Å²) in [5.41, 5.74) is 0. The predicted molar refractivity (Wildman–Crippen MR) is 113 cm³/mol. The number of nitrogens with zero attached hydrogens (tertiary/aromatic N) is 1. The van der Waals surface area contributed by atoms with Crippen molar-refractivity contribution in [3.63, 3.8) is 0 Å². The molecular weight excluding hydrogens is 441 g/mol. The van der Waals surface area contributed by atoms with Gasteiger partial charge in [0.2, 0.25) is 0 Å². The van der Waals surface area contributed by atoms with Gasteiger partial charge in [-0.15, -0.1) is 24.0 Å². The molecule has 2 rings (SSSR count). The molecule has 1 fully saturated rings. The molecule has 1 aliphatic rings. The summed E-state index contributed by atoms with van der Waals surface area (Å²) in [4.78, 5) is 5.14. The normalized spacial score (nSPS) is 22.3. The van der Waals surface area contributed by atoms with E-state index in [-0.39, 0.29) is 24.0 Å². The third-order valence-electron chi connectivity index (χ3n) is 3.87. The minimum Gasteiger partial charge on any atom is -0.355 e. The summed E-state index contributed by atoms with van der Waals surface area (Å²) in [6.45, 7) is 0.653. The molecule has 3 atom stereocenters. The van der Waals surface area contributed by atoms with Crippen LogP contribution in [-0.4, -0.2) is 47.1 Å². The molecule has 7 heteroatoms. The minimum atomic E-state index is -0.961. The lowest BCUT2D eigenvalue weighted by Crippen LogP contribution is -2.43. The molecule has 23 heavy (non-hydrogen) atoms. The first-order chi connectivity index (χ1) is 10.7. The maximum absolute atomic E-state index is 12.1. The van der Waals surface area contributed by atoms with E-state index in [2.05, 4.69) is 21.9 Å². The Labute approximate surface area is 163 Å². The monoisotopic (exact) mass is 467 g/mol. The summed E-state index contributed by atoms with van der Waals surface area (Å²) >= 11 is 1.95. The zero-order valence-corrected chi connectivity index (χ0v) is 17.6. The van der Waals surface area contributed by atoms with Crippen molar-refractivity contribution in [3.8, 4) is 0 Å². The minimum absolute atomic E-state index is 0. The smallest absolute Gasteiger partial charge is 0.191 e. The Kier molecular flexibility index (Phi) is 10.2. The Morgan fingerprint density at radius 1 is 1.35 bits per heavy atom. The summed E-state index contributed by atoms with van der Waals surface area (Å²) in [5.74, 6) is 1.40. The molecule has 0 radical (unpaired) electrons. The van der Waals surface area contributed by atoms with Gasteiger partial charge in [0.15, 0.2) is 5.96 Å². The van der Waals surface area contributed by atoms with Gasteiger partial charge >= 0.3 is 0 Å². The molecule has 1 saturated carbocycles. The topological polar surface area (TPSA) is 53.5 Å². The van der Waals surface area contributed by atoms with E-state index in [1.165, 1.54) is 19.3 Å². The number of hydrogen-bond acceptors (Lipinski definition) is 3. The van der Waals surface area contributed by atoms with Gasteiger partial charge in [-0.1, -0.05) is 18.2 Å². The van der Waals surface area contributed by atoms with Gasteiger partial charge in [0, 0.05) is 35.5 Å². The van der Waals surface area contributed by atoms with Gasteiger partial charge in [-0.3, -0.25) is 9.20 Å². The van der Waals surface area contributed by atoms with Gasteiger partial charge in [0.1, 0.15) is 0 Å². The zero-order chi connectivity index (χ0) is 15.8. The number of thioether (sulfide) groups is 1. The fourth-order valence-electron chi connectivity index (χ4n) is 2.63. The molecular formula is C16H26IN3OS2. The van der Waals surface area contributed by atoms with E-state index in [1.807, 2.05) is 42.1 Å². The van der Waals surface area contributed by atoms with Gasteiger partial charge in [0.25, 0.3) is 0 Å². The van der Waals surface area contributed by atoms with E-state index in [1.54, 1.807) is 7.05 Å². The highest BCUT2D eigenvalue weighted by molar-refractivity contribution is 14.0. The van der Waals surface area contributed by atoms with Gasteiger partial charge in [-0.05, 0) is 37.7 Å². The third-order valence-corrected chi connectivity index (χ3v) is 6.34. The fraction of sp³-hybridized carbons (Fsp3) is 0.562. The second-order valence-corrected chi connectivity index (χ2v) is 8.08. The number of guanidine groups is 1. The largest absolute Gasteiger partial charge is 0.355 e. The fourth-order valence-corrected chi connectivity index (χ4v) is 4.41. The first kappa shape index (κ1) is 20.8. The van der Waals surface area contributed by atoms with Gasteiger partial charge in [-0.25, -0.2) is 0 Å². The molecule has 130 valence electrons. The first-order valence-corrected chi connectivity index (χ1v) is 10.3. The average molecular weight is 467 g/mol. The van der Waals surface area contributed by atoms with E-state index >= 15 is 0 Å². The van der Waals surface area contributed by atoms with Crippen LogP contribution in [0.4, 0.5) is 0 Å². The molecule has 2 N–H and O–H groups in total. The SMILES string of the molecule is CN=C(NCCS(=O)c1ccccc1)NC1CCC(SC)C1.I. The predicted octanol–water partition coefficient (Wildman–Crippen LogP) is 2.86. The summed E-state index contributed by atoms with van der Waals surface area (Å²) < 4.78 is 12.1. The standard InChI is InChI=1S/C16H25N3OS2.HI/c1-17-16(19-13-8-9-14(12-13)21-2)18-10-11-22(20)15-6-4-3-5-7-15;/h3-7,13-14H,8-12H2,1-2H3,(H2,17,18,19);1H. The Morgan fingerprint density at radius 2 is 2.09 bits per heavy atom. The Bertz CT molecular complexity index is 513. The molecule has 1 aromatic carbocycles. The Balaban J connectivity index is 0.00000264. The van der Waals surface area contributed by atoms with Crippen molar-refractivity contribution in [1.82, 2.24) is 10.6 Å². The van der Waals surface area contributed by atoms with Crippen LogP contribution >= 0.6 is 35.7 Å². The Morgan fingerprint density at radius 3 is 2.70 bits per heavy atom. The number of aliphatic imine (C=N–C) groups is 1. The number of rotatable bonds is 6. The van der Waals surface area contributed by atoms with E-state index in [0.29, 0.717) is 18.3 Å². The summed E-state index contributed by atoms with van der Waals surface area (Å²) in [6.07, 6.45) is 5.84. The van der Waals surface area contributed by atoms with E-state index < -0.39 is 10.8 Å². The average Bonchev–Trinajstić information content (AvgIpc) is 3.02. The first-order valence-electron chi connectivity index (χ1n) is 7.66. The van der Waals surface area contributed by atoms with Crippen molar-refractivity contribution in [3.05, 3.63) is 30.3 Å². The van der Waals surface area contributed by atoms with Crippen molar-refractivity contribution in [2.24, 2.45) is 4.99 Å². The number of halogens is 1. The zero-order valence-electron chi connectivity index (χ0n) is 13.7. The lowest BCUT2D eigenvalue weighted by Gasteiger charge is -2.17.